The molecule has 0 radical (unpaired) electrons. The van der Waals surface area contributed by atoms with Gasteiger partial charge in [0.1, 0.15) is 5.75 Å². The van der Waals surface area contributed by atoms with E-state index in [1.54, 1.807) is 0 Å². The van der Waals surface area contributed by atoms with Gasteiger partial charge in [-0.25, -0.2) is 5.43 Å². The van der Waals surface area contributed by atoms with Crippen LogP contribution in [0, 0.1) is 0 Å². The number of hydrogen-bond donors (Lipinski definition) is 3. The number of nitrogens with two attached hydrogens (primary N) is 1. The van der Waals surface area contributed by atoms with Crippen LogP contribution in [0.4, 0.5) is 18.9 Å². The molecule has 0 aliphatic rings. The maximum atomic E-state index is 12.7. The van der Waals surface area contributed by atoms with Gasteiger partial charge in [0.25, 0.3) is 5.91 Å². The number of hydrazone groups is 1. The molecule has 0 fully saturated rings. The van der Waals surface area contributed by atoms with Gasteiger partial charge in [0, 0.05) is 29.2 Å². The Morgan fingerprint density at radius 1 is 1.06 bits per heavy atom. The minimum atomic E-state index is -4.35. The van der Waals surface area contributed by atoms with Crippen molar-refractivity contribution in [3.8, 4) is 5.75 Å². The zero-order valence-electron chi connectivity index (χ0n) is 17.2. The number of rotatable bonds is 5. The monoisotopic (exact) mass is 452 g/mol. The maximum Gasteiger partial charge on any atom is 0.416 e. The number of amides is 1. The number of anilines is 1. The summed E-state index contributed by atoms with van der Waals surface area (Å²) in [7, 11) is 0. The largest absolute Gasteiger partial charge is 0.506 e. The first-order chi connectivity index (χ1) is 15.7. The van der Waals surface area contributed by atoms with Crippen molar-refractivity contribution < 1.29 is 23.1 Å². The smallest absolute Gasteiger partial charge is 0.416 e. The molecular weight excluding hydrogens is 433 g/mol. The van der Waals surface area contributed by atoms with E-state index in [9.17, 15) is 23.1 Å². The van der Waals surface area contributed by atoms with E-state index in [1.807, 2.05) is 35.0 Å². The van der Waals surface area contributed by atoms with Gasteiger partial charge >= 0.3 is 6.18 Å². The third kappa shape index (κ3) is 4.98. The summed E-state index contributed by atoms with van der Waals surface area (Å²) in [6.45, 7) is 0.431. The molecule has 4 aromatic rings. The fourth-order valence-corrected chi connectivity index (χ4v) is 3.36. The van der Waals surface area contributed by atoms with Crippen molar-refractivity contribution in [3.05, 3.63) is 95.2 Å². The number of hydrogen-bond acceptors (Lipinski definition) is 4. The Hall–Kier alpha value is -4.27. The number of aromatic nitrogens is 1. The first-order valence-corrected chi connectivity index (χ1v) is 9.87. The normalized spacial score (nSPS) is 11.8. The van der Waals surface area contributed by atoms with Crippen molar-refractivity contribution in [1.82, 2.24) is 9.99 Å². The lowest BCUT2D eigenvalue weighted by molar-refractivity contribution is -0.137. The SMILES string of the molecule is Nc1cc(C(=O)N/N=C/c2ccc3c(ccn3Cc3ccc(C(F)(F)F)cc3)c2)ccc1O. The highest BCUT2D eigenvalue weighted by atomic mass is 19.4. The molecular formula is C24H19F3N4O2. The number of phenolic OH excluding ortho intramolecular Hbond substituents is 1. The molecule has 6 nitrogen and oxygen atoms in total. The molecule has 1 aromatic heterocycles. The summed E-state index contributed by atoms with van der Waals surface area (Å²) in [6.07, 6.45) is -0.998. The molecule has 0 saturated carbocycles. The zero-order chi connectivity index (χ0) is 23.6. The van der Waals surface area contributed by atoms with Crippen LogP contribution in [-0.2, 0) is 12.7 Å². The van der Waals surface area contributed by atoms with Gasteiger partial charge in [-0.05, 0) is 59.7 Å². The van der Waals surface area contributed by atoms with Crippen LogP contribution in [0.15, 0.2) is 78.0 Å². The number of alkyl halides is 3. The lowest BCUT2D eigenvalue weighted by Gasteiger charge is -2.09. The molecule has 0 saturated heterocycles. The van der Waals surface area contributed by atoms with Crippen LogP contribution < -0.4 is 11.2 Å². The number of phenols is 1. The van der Waals surface area contributed by atoms with E-state index in [2.05, 4.69) is 10.5 Å². The number of fused-ring (bicyclic) bond motifs is 1. The summed E-state index contributed by atoms with van der Waals surface area (Å²) in [6, 6.07) is 16.7. The van der Waals surface area contributed by atoms with Gasteiger partial charge in [0.15, 0.2) is 0 Å². The summed E-state index contributed by atoms with van der Waals surface area (Å²) in [5, 5.41) is 14.3. The Morgan fingerprint density at radius 2 is 1.82 bits per heavy atom. The highest BCUT2D eigenvalue weighted by Crippen LogP contribution is 2.29. The molecule has 0 aliphatic heterocycles. The van der Waals surface area contributed by atoms with Crippen LogP contribution in [0.3, 0.4) is 0 Å². The lowest BCUT2D eigenvalue weighted by Crippen LogP contribution is -2.17. The fourth-order valence-electron chi connectivity index (χ4n) is 3.36. The van der Waals surface area contributed by atoms with E-state index in [0.29, 0.717) is 6.54 Å². The van der Waals surface area contributed by atoms with E-state index in [0.717, 1.165) is 34.2 Å². The van der Waals surface area contributed by atoms with Crippen LogP contribution in [0.25, 0.3) is 10.9 Å². The summed E-state index contributed by atoms with van der Waals surface area (Å²) in [4.78, 5) is 12.1. The maximum absolute atomic E-state index is 12.7. The van der Waals surface area contributed by atoms with E-state index in [1.165, 1.54) is 36.5 Å². The molecule has 4 rings (SSSR count). The number of aromatic hydroxyl groups is 1. The van der Waals surface area contributed by atoms with Gasteiger partial charge in [0.2, 0.25) is 0 Å². The highest BCUT2D eigenvalue weighted by Gasteiger charge is 2.29. The van der Waals surface area contributed by atoms with E-state index < -0.39 is 17.6 Å². The molecule has 1 heterocycles. The first kappa shape index (κ1) is 21.9. The molecule has 1 amide bonds. The number of benzene rings is 3. The molecule has 4 N–H and O–H groups in total. The summed E-state index contributed by atoms with van der Waals surface area (Å²) < 4.78 is 40.2. The minimum absolute atomic E-state index is 0.0953. The Kier molecular flexibility index (Phi) is 5.78. The van der Waals surface area contributed by atoms with Crippen molar-refractivity contribution in [2.24, 2.45) is 5.10 Å². The molecule has 0 unspecified atom stereocenters. The van der Waals surface area contributed by atoms with Gasteiger partial charge in [0.05, 0.1) is 17.5 Å². The average molecular weight is 452 g/mol. The molecule has 168 valence electrons. The molecule has 0 bridgehead atoms. The predicted molar refractivity (Wildman–Crippen MR) is 120 cm³/mol. The van der Waals surface area contributed by atoms with E-state index in [4.69, 9.17) is 5.73 Å². The Morgan fingerprint density at radius 3 is 2.52 bits per heavy atom. The quantitative estimate of drug-likeness (QED) is 0.176. The van der Waals surface area contributed by atoms with Crippen molar-refractivity contribution in [2.75, 3.05) is 5.73 Å². The summed E-state index contributed by atoms with van der Waals surface area (Å²) in [5.74, 6) is -0.574. The van der Waals surface area contributed by atoms with Crippen molar-refractivity contribution in [3.63, 3.8) is 0 Å². The first-order valence-electron chi connectivity index (χ1n) is 9.87. The second kappa shape index (κ2) is 8.70. The number of nitrogens with zero attached hydrogens (tertiary/aromatic N) is 2. The number of carbonyl (C=O) groups is 1. The second-order valence-electron chi connectivity index (χ2n) is 7.43. The van der Waals surface area contributed by atoms with E-state index in [-0.39, 0.29) is 17.0 Å². The van der Waals surface area contributed by atoms with Crippen LogP contribution in [0.2, 0.25) is 0 Å². The third-order valence-corrected chi connectivity index (χ3v) is 5.10. The molecule has 0 aliphatic carbocycles. The topological polar surface area (TPSA) is 92.6 Å². The number of nitrogen functional groups attached to an aromatic ring is 1. The Balaban J connectivity index is 1.44. The van der Waals surface area contributed by atoms with Crippen molar-refractivity contribution >= 4 is 28.7 Å². The van der Waals surface area contributed by atoms with Crippen molar-refractivity contribution in [2.45, 2.75) is 12.7 Å². The molecule has 9 heteroatoms. The standard InChI is InChI=1S/C24H19F3N4O2/c25-24(26,27)19-5-1-15(2-6-19)14-31-10-9-17-11-16(3-7-21(17)31)13-29-30-23(33)18-4-8-22(32)20(28)12-18/h1-13,32H,14,28H2,(H,30,33)/b29-13+. The molecule has 33 heavy (non-hydrogen) atoms. The van der Waals surface area contributed by atoms with Gasteiger partial charge in [-0.2, -0.15) is 18.3 Å². The Bertz CT molecular complexity index is 1340. The summed E-state index contributed by atoms with van der Waals surface area (Å²) in [5.41, 5.74) is 10.1. The van der Waals surface area contributed by atoms with Gasteiger partial charge in [-0.1, -0.05) is 18.2 Å². The predicted octanol–water partition coefficient (Wildman–Crippen LogP) is 4.76. The van der Waals surface area contributed by atoms with E-state index >= 15 is 0 Å². The van der Waals surface area contributed by atoms with Crippen LogP contribution >= 0.6 is 0 Å². The summed E-state index contributed by atoms with van der Waals surface area (Å²) >= 11 is 0. The van der Waals surface area contributed by atoms with Gasteiger partial charge in [-0.15, -0.1) is 0 Å². The zero-order valence-corrected chi connectivity index (χ0v) is 17.2. The molecule has 0 atom stereocenters. The molecule has 0 spiro atoms. The average Bonchev–Trinajstić information content (AvgIpc) is 3.17. The van der Waals surface area contributed by atoms with Crippen LogP contribution in [0.5, 0.6) is 5.75 Å². The lowest BCUT2D eigenvalue weighted by atomic mass is 10.1. The van der Waals surface area contributed by atoms with Crippen LogP contribution in [0.1, 0.15) is 27.0 Å². The number of carbonyl (C=O) groups excluding carboxylic acids is 1. The van der Waals surface area contributed by atoms with Gasteiger partial charge < -0.3 is 15.4 Å². The van der Waals surface area contributed by atoms with Crippen molar-refractivity contribution in [1.29, 1.82) is 0 Å². The minimum Gasteiger partial charge on any atom is -0.506 e. The fraction of sp³-hybridized carbons (Fsp3) is 0.0833. The number of halogens is 3. The second-order valence-corrected chi connectivity index (χ2v) is 7.43. The number of nitrogens with one attached hydrogen (secondary N) is 1. The Labute approximate surface area is 186 Å². The molecule has 3 aromatic carbocycles. The van der Waals surface area contributed by atoms with Gasteiger partial charge in [-0.3, -0.25) is 4.79 Å². The third-order valence-electron chi connectivity index (χ3n) is 5.10. The highest BCUT2D eigenvalue weighted by molar-refractivity contribution is 5.96. The van der Waals surface area contributed by atoms with Crippen LogP contribution in [-0.4, -0.2) is 21.8 Å².